The maximum atomic E-state index is 12.9. The summed E-state index contributed by atoms with van der Waals surface area (Å²) in [4.78, 5) is 41.8. The van der Waals surface area contributed by atoms with Crippen molar-refractivity contribution in [1.29, 1.82) is 0 Å². The number of hydrogen-bond donors (Lipinski definition) is 5. The predicted octanol–water partition coefficient (Wildman–Crippen LogP) is 1.69. The number of rotatable bonds is 7. The Bertz CT molecular complexity index is 1450. The summed E-state index contributed by atoms with van der Waals surface area (Å²) < 4.78 is 5.45. The van der Waals surface area contributed by atoms with E-state index in [1.54, 1.807) is 31.4 Å². The van der Waals surface area contributed by atoms with Crippen LogP contribution in [0.3, 0.4) is 0 Å². The first-order valence-corrected chi connectivity index (χ1v) is 14.5. The number of aliphatic hydroxyl groups excluding tert-OH is 2. The minimum absolute atomic E-state index is 0.115. The molecule has 4 unspecified atom stereocenters. The highest BCUT2D eigenvalue weighted by atomic mass is 16.5. The van der Waals surface area contributed by atoms with Gasteiger partial charge in [-0.1, -0.05) is 38.2 Å². The van der Waals surface area contributed by atoms with Crippen LogP contribution >= 0.6 is 0 Å². The Kier molecular flexibility index (Phi) is 8.46. The number of aromatic nitrogens is 2. The van der Waals surface area contributed by atoms with E-state index >= 15 is 0 Å². The largest absolute Gasteiger partial charge is 0.423 e. The van der Waals surface area contributed by atoms with Crippen LogP contribution in [0, 0.1) is 22.7 Å². The Balaban J connectivity index is 1.42. The molecule has 228 valence electrons. The zero-order valence-electron chi connectivity index (χ0n) is 24.7. The third-order valence-electron chi connectivity index (χ3n) is 9.51. The molecular formula is C31H39N7O5. The molecule has 2 fully saturated rings. The molecule has 1 aromatic rings. The van der Waals surface area contributed by atoms with Crippen LogP contribution in [0.25, 0.3) is 6.08 Å². The number of cyclic esters (lactones) is 1. The van der Waals surface area contributed by atoms with Crippen LogP contribution in [0.15, 0.2) is 64.1 Å². The monoisotopic (exact) mass is 589 g/mol. The lowest BCUT2D eigenvalue weighted by molar-refractivity contribution is -0.149. The molecule has 0 saturated heterocycles. The van der Waals surface area contributed by atoms with E-state index in [4.69, 9.17) is 10.5 Å². The van der Waals surface area contributed by atoms with E-state index in [2.05, 4.69) is 44.1 Å². The third kappa shape index (κ3) is 5.95. The Morgan fingerprint density at radius 1 is 1.33 bits per heavy atom. The summed E-state index contributed by atoms with van der Waals surface area (Å²) >= 11 is 0. The number of nitrogens with two attached hydrogens (primary N) is 1. The van der Waals surface area contributed by atoms with Gasteiger partial charge in [0.25, 0.3) is 0 Å². The van der Waals surface area contributed by atoms with Crippen molar-refractivity contribution >= 4 is 36.1 Å². The summed E-state index contributed by atoms with van der Waals surface area (Å²) in [5.41, 5.74) is 6.30. The van der Waals surface area contributed by atoms with Gasteiger partial charge in [0.15, 0.2) is 0 Å². The number of nitrogens with one attached hydrogen (secondary N) is 2. The van der Waals surface area contributed by atoms with E-state index in [0.29, 0.717) is 42.7 Å². The van der Waals surface area contributed by atoms with Crippen LogP contribution in [0.4, 0.5) is 5.95 Å². The topological polar surface area (TPSA) is 184 Å². The number of allylic oxidation sites excluding steroid dienone is 2. The second-order valence-corrected chi connectivity index (χ2v) is 12.2. The number of aliphatic hydroxyl groups is 2. The van der Waals surface area contributed by atoms with Crippen molar-refractivity contribution in [2.75, 3.05) is 18.9 Å². The van der Waals surface area contributed by atoms with Crippen molar-refractivity contribution in [2.45, 2.75) is 58.2 Å². The number of ether oxygens (including phenoxy) is 1. The summed E-state index contributed by atoms with van der Waals surface area (Å²) in [5, 5.41) is 27.7. The van der Waals surface area contributed by atoms with Gasteiger partial charge in [-0.3, -0.25) is 15.4 Å². The number of nitrogens with zero attached hydrogens (tertiary/aromatic N) is 4. The molecule has 0 radical (unpaired) electrons. The second kappa shape index (κ2) is 11.9. The molecule has 0 aromatic carbocycles. The highest BCUT2D eigenvalue weighted by Gasteiger charge is 2.59. The van der Waals surface area contributed by atoms with Gasteiger partial charge in [-0.2, -0.15) is 0 Å². The van der Waals surface area contributed by atoms with Gasteiger partial charge in [-0.15, -0.1) is 0 Å². The van der Waals surface area contributed by atoms with E-state index in [-0.39, 0.29) is 47.7 Å². The fraction of sp³-hybridized carbons (Fsp3) is 0.484. The average molecular weight is 590 g/mol. The van der Waals surface area contributed by atoms with Crippen LogP contribution in [0.5, 0.6) is 0 Å². The molecule has 2 saturated carbocycles. The predicted molar refractivity (Wildman–Crippen MR) is 162 cm³/mol. The molecule has 4 aliphatic rings. The Morgan fingerprint density at radius 2 is 2.07 bits per heavy atom. The van der Waals surface area contributed by atoms with Crippen LogP contribution in [0.1, 0.15) is 45.6 Å². The maximum absolute atomic E-state index is 12.9. The fourth-order valence-corrected chi connectivity index (χ4v) is 6.95. The van der Waals surface area contributed by atoms with Gasteiger partial charge in [0.2, 0.25) is 17.8 Å². The maximum Gasteiger partial charge on any atom is 0.343 e. The van der Waals surface area contributed by atoms with Crippen LogP contribution in [-0.4, -0.2) is 75.6 Å². The highest BCUT2D eigenvalue weighted by molar-refractivity contribution is 6.04. The number of esters is 1. The highest BCUT2D eigenvalue weighted by Crippen LogP contribution is 2.61. The summed E-state index contributed by atoms with van der Waals surface area (Å²) in [6.07, 6.45) is 12.8. The Hall–Kier alpha value is -4.00. The Morgan fingerprint density at radius 3 is 2.74 bits per heavy atom. The smallest absolute Gasteiger partial charge is 0.343 e. The zero-order valence-corrected chi connectivity index (χ0v) is 24.7. The molecule has 12 heteroatoms. The normalized spacial score (nSPS) is 33.7. The molecule has 5 rings (SSSR count). The van der Waals surface area contributed by atoms with Crippen molar-refractivity contribution in [3.05, 3.63) is 59.7 Å². The number of amides is 1. The standard InChI is InChI=1S/C31H39N7O5/c1-17-22(6-5-20-12-21(43-27(20)42)11-19-14-35-28(32)36-15-19)30(3)8-7-25(40)31(4,16-39)24(30)13-23(17)37-18(2)26(41)38-29-33-9-10-34-29/h5-6,9,11-12,14-15,18,22-25,37,39-40H,1,7-8,10,13,16H2,2-4H3,(H2,32,35,36)(H,34,38,41)/b6-5+,21-11+/t18?,22?,23?,24?,25-,30-,31+/m1/s1. The third-order valence-corrected chi connectivity index (χ3v) is 9.51. The fourth-order valence-electron chi connectivity index (χ4n) is 6.95. The molecule has 43 heavy (non-hydrogen) atoms. The van der Waals surface area contributed by atoms with Gasteiger partial charge in [0.05, 0.1) is 30.9 Å². The molecule has 3 heterocycles. The van der Waals surface area contributed by atoms with E-state index in [0.717, 1.165) is 5.57 Å². The quantitative estimate of drug-likeness (QED) is 0.233. The minimum Gasteiger partial charge on any atom is -0.423 e. The van der Waals surface area contributed by atoms with Crippen molar-refractivity contribution < 1.29 is 24.5 Å². The summed E-state index contributed by atoms with van der Waals surface area (Å²) in [6.45, 7) is 10.6. The SMILES string of the molecule is C=C1C(NC(C)C(=O)NC2=NCC=N2)CC2[C@](C)(CC[C@@H](O)[C@@]2(C)CO)C1/C=C/C1=CC(=C\c2cnc(N)nc2)/OC1=O. The number of nitrogen functional groups attached to an aromatic ring is 1. The summed E-state index contributed by atoms with van der Waals surface area (Å²) in [7, 11) is 0. The molecular weight excluding hydrogens is 550 g/mol. The lowest BCUT2D eigenvalue weighted by atomic mass is 9.45. The number of aliphatic imine (C=N–C) groups is 2. The lowest BCUT2D eigenvalue weighted by Crippen LogP contribution is -2.62. The van der Waals surface area contributed by atoms with Crippen LogP contribution < -0.4 is 16.4 Å². The van der Waals surface area contributed by atoms with Crippen molar-refractivity contribution in [3.8, 4) is 0 Å². The lowest BCUT2D eigenvalue weighted by Gasteiger charge is -2.61. The summed E-state index contributed by atoms with van der Waals surface area (Å²) in [6, 6.07) is -0.898. The summed E-state index contributed by atoms with van der Waals surface area (Å²) in [5.74, 6) is -0.315. The first-order valence-electron chi connectivity index (χ1n) is 14.5. The number of hydrogen-bond acceptors (Lipinski definition) is 11. The molecule has 0 bridgehead atoms. The van der Waals surface area contributed by atoms with E-state index < -0.39 is 23.5 Å². The van der Waals surface area contributed by atoms with Gasteiger partial charge < -0.3 is 20.7 Å². The van der Waals surface area contributed by atoms with Crippen molar-refractivity contribution in [3.63, 3.8) is 0 Å². The van der Waals surface area contributed by atoms with E-state index in [1.165, 1.54) is 12.4 Å². The minimum atomic E-state index is -0.763. The molecule has 0 spiro atoms. The molecule has 2 aliphatic heterocycles. The van der Waals surface area contributed by atoms with Crippen molar-refractivity contribution in [1.82, 2.24) is 20.6 Å². The van der Waals surface area contributed by atoms with Crippen molar-refractivity contribution in [2.24, 2.45) is 32.7 Å². The molecule has 7 atom stereocenters. The first-order chi connectivity index (χ1) is 20.4. The number of carbonyl (C=O) groups is 2. The van der Waals surface area contributed by atoms with Gasteiger partial charge >= 0.3 is 5.97 Å². The van der Waals surface area contributed by atoms with E-state index in [9.17, 15) is 19.8 Å². The molecule has 1 aromatic heterocycles. The average Bonchev–Trinajstić information content (AvgIpc) is 3.62. The van der Waals surface area contributed by atoms with Gasteiger partial charge in [-0.05, 0) is 49.7 Å². The first kappa shape index (κ1) is 30.5. The molecule has 1 amide bonds. The number of fused-ring (bicyclic) bond motifs is 1. The second-order valence-electron chi connectivity index (χ2n) is 12.2. The van der Waals surface area contributed by atoms with E-state index in [1.807, 2.05) is 13.0 Å². The number of anilines is 1. The van der Waals surface area contributed by atoms with Crippen LogP contribution in [-0.2, 0) is 14.3 Å². The van der Waals surface area contributed by atoms with Gasteiger partial charge in [-0.25, -0.2) is 24.7 Å². The number of guanidine groups is 1. The van der Waals surface area contributed by atoms with Crippen LogP contribution in [0.2, 0.25) is 0 Å². The number of carbonyl (C=O) groups excluding carboxylic acids is 2. The zero-order chi connectivity index (χ0) is 30.9. The molecule has 6 N–H and O–H groups in total. The molecule has 2 aliphatic carbocycles. The Labute approximate surface area is 250 Å². The van der Waals surface area contributed by atoms with Gasteiger partial charge in [0.1, 0.15) is 5.76 Å². The molecule has 12 nitrogen and oxygen atoms in total. The van der Waals surface area contributed by atoms with Gasteiger partial charge in [0, 0.05) is 41.5 Å².